The molecule has 1 aromatic heterocycles. The van der Waals surface area contributed by atoms with Gasteiger partial charge in [0.2, 0.25) is 15.9 Å². The number of anilines is 1. The molecule has 1 saturated carbocycles. The van der Waals surface area contributed by atoms with Crippen LogP contribution in [-0.4, -0.2) is 25.1 Å². The zero-order chi connectivity index (χ0) is 16.7. The van der Waals surface area contributed by atoms with Gasteiger partial charge in [0, 0.05) is 12.5 Å². The average Bonchev–Trinajstić information content (AvgIpc) is 3.33. The van der Waals surface area contributed by atoms with Crippen molar-refractivity contribution in [3.63, 3.8) is 0 Å². The molecule has 0 radical (unpaired) electrons. The van der Waals surface area contributed by atoms with Crippen molar-refractivity contribution < 1.29 is 12.9 Å². The Morgan fingerprint density at radius 1 is 1.33 bits per heavy atom. The molecule has 7 heteroatoms. The monoisotopic (exact) mass is 347 g/mol. The van der Waals surface area contributed by atoms with Gasteiger partial charge in [-0.2, -0.15) is 4.98 Å². The summed E-state index contributed by atoms with van der Waals surface area (Å²) >= 11 is 0. The fraction of sp³-hybridized carbons (Fsp3) is 0.529. The van der Waals surface area contributed by atoms with Gasteiger partial charge < -0.3 is 4.52 Å². The van der Waals surface area contributed by atoms with Crippen LogP contribution in [0.25, 0.3) is 0 Å². The Labute approximate surface area is 141 Å². The highest BCUT2D eigenvalue weighted by atomic mass is 32.2. The molecule has 0 amide bonds. The van der Waals surface area contributed by atoms with E-state index >= 15 is 0 Å². The molecular weight excluding hydrogens is 326 g/mol. The lowest BCUT2D eigenvalue weighted by atomic mass is 10.00. The van der Waals surface area contributed by atoms with E-state index in [-0.39, 0.29) is 11.6 Å². The molecule has 2 aliphatic rings. The molecule has 1 aliphatic carbocycles. The van der Waals surface area contributed by atoms with Crippen LogP contribution >= 0.6 is 0 Å². The Morgan fingerprint density at radius 2 is 2.17 bits per heavy atom. The van der Waals surface area contributed by atoms with Crippen LogP contribution in [0.5, 0.6) is 0 Å². The van der Waals surface area contributed by atoms with Crippen LogP contribution in [0.3, 0.4) is 0 Å². The zero-order valence-corrected chi connectivity index (χ0v) is 14.6. The van der Waals surface area contributed by atoms with Gasteiger partial charge in [0.1, 0.15) is 5.75 Å². The Kier molecular flexibility index (Phi) is 3.83. The Bertz CT molecular complexity index is 856. The second-order valence-electron chi connectivity index (χ2n) is 6.57. The van der Waals surface area contributed by atoms with Crippen molar-refractivity contribution in [1.29, 1.82) is 0 Å². The van der Waals surface area contributed by atoms with E-state index < -0.39 is 10.0 Å². The van der Waals surface area contributed by atoms with Gasteiger partial charge in [0.05, 0.1) is 5.69 Å². The molecule has 1 aromatic carbocycles. The summed E-state index contributed by atoms with van der Waals surface area (Å²) in [6, 6.07) is 6.06. The summed E-state index contributed by atoms with van der Waals surface area (Å²) in [6.45, 7) is 2.61. The lowest BCUT2D eigenvalue weighted by Crippen LogP contribution is -2.36. The molecule has 0 N–H and O–H groups in total. The molecule has 4 rings (SSSR count). The summed E-state index contributed by atoms with van der Waals surface area (Å²) in [6.07, 6.45) is 4.80. The summed E-state index contributed by atoms with van der Waals surface area (Å²) in [4.78, 5) is 4.25. The van der Waals surface area contributed by atoms with E-state index in [1.807, 2.05) is 12.1 Å². The lowest BCUT2D eigenvalue weighted by Gasteiger charge is -2.30. The van der Waals surface area contributed by atoms with Gasteiger partial charge >= 0.3 is 0 Å². The molecule has 0 saturated heterocycles. The van der Waals surface area contributed by atoms with Crippen LogP contribution in [0.15, 0.2) is 22.7 Å². The molecule has 6 nitrogen and oxygen atoms in total. The predicted octanol–water partition coefficient (Wildman–Crippen LogP) is 2.79. The first-order valence-electron chi connectivity index (χ1n) is 8.51. The normalized spacial score (nSPS) is 17.8. The third kappa shape index (κ3) is 2.92. The van der Waals surface area contributed by atoms with Crippen LogP contribution in [0.4, 0.5) is 5.69 Å². The summed E-state index contributed by atoms with van der Waals surface area (Å²) in [5.41, 5.74) is 3.14. The number of benzene rings is 1. The molecule has 0 unspecified atom stereocenters. The number of aryl methyl sites for hydroxylation is 2. The number of hydrogen-bond donors (Lipinski definition) is 0. The second-order valence-corrected chi connectivity index (χ2v) is 8.46. The Morgan fingerprint density at radius 3 is 2.92 bits per heavy atom. The van der Waals surface area contributed by atoms with Gasteiger partial charge in [-0.25, -0.2) is 8.42 Å². The van der Waals surface area contributed by atoms with E-state index in [0.29, 0.717) is 18.4 Å². The lowest BCUT2D eigenvalue weighted by molar-refractivity contribution is 0.375. The number of hydrogen-bond acceptors (Lipinski definition) is 5. The van der Waals surface area contributed by atoms with Gasteiger partial charge in [-0.15, -0.1) is 0 Å². The molecule has 0 spiro atoms. The molecular formula is C17H21N3O3S. The van der Waals surface area contributed by atoms with E-state index in [9.17, 15) is 8.42 Å². The maximum absolute atomic E-state index is 12.9. The summed E-state index contributed by atoms with van der Waals surface area (Å²) in [7, 11) is -3.51. The van der Waals surface area contributed by atoms with Crippen molar-refractivity contribution in [2.24, 2.45) is 0 Å². The van der Waals surface area contributed by atoms with Crippen molar-refractivity contribution in [1.82, 2.24) is 10.1 Å². The van der Waals surface area contributed by atoms with E-state index in [1.165, 1.54) is 9.87 Å². The van der Waals surface area contributed by atoms with Gasteiger partial charge in [0.25, 0.3) is 0 Å². The first-order valence-corrected chi connectivity index (χ1v) is 10.1. The molecule has 128 valence electrons. The minimum Gasteiger partial charge on any atom is -0.339 e. The third-order valence-electron chi connectivity index (χ3n) is 4.69. The molecule has 2 aromatic rings. The van der Waals surface area contributed by atoms with E-state index in [1.54, 1.807) is 0 Å². The molecule has 1 fully saturated rings. The SMILES string of the molecule is CCc1ccc2c(c1)CCCN2S(=O)(=O)Cc1noc(C2CC2)n1. The summed E-state index contributed by atoms with van der Waals surface area (Å²) < 4.78 is 32.4. The fourth-order valence-corrected chi connectivity index (χ4v) is 4.67. The third-order valence-corrected chi connectivity index (χ3v) is 6.36. The number of rotatable bonds is 5. The number of sulfonamides is 1. The molecule has 0 bridgehead atoms. The minimum absolute atomic E-state index is 0.210. The highest BCUT2D eigenvalue weighted by Gasteiger charge is 2.32. The van der Waals surface area contributed by atoms with E-state index in [4.69, 9.17) is 4.52 Å². The average molecular weight is 347 g/mol. The highest BCUT2D eigenvalue weighted by Crippen LogP contribution is 2.39. The zero-order valence-electron chi connectivity index (χ0n) is 13.7. The topological polar surface area (TPSA) is 76.3 Å². The summed E-state index contributed by atoms with van der Waals surface area (Å²) in [5, 5.41) is 3.85. The van der Waals surface area contributed by atoms with Crippen LogP contribution in [0.2, 0.25) is 0 Å². The van der Waals surface area contributed by atoms with Crippen LogP contribution in [-0.2, 0) is 28.6 Å². The van der Waals surface area contributed by atoms with Crippen molar-refractivity contribution in [3.05, 3.63) is 41.0 Å². The Hall–Kier alpha value is -1.89. The van der Waals surface area contributed by atoms with E-state index in [0.717, 1.165) is 43.4 Å². The smallest absolute Gasteiger partial charge is 0.242 e. The standard InChI is InChI=1S/C17H21N3O3S/c1-2-12-5-8-15-14(10-12)4-3-9-20(15)24(21,22)11-16-18-17(23-19-16)13-6-7-13/h5,8,10,13H,2-4,6-7,9,11H2,1H3. The predicted molar refractivity (Wildman–Crippen MR) is 90.4 cm³/mol. The largest absolute Gasteiger partial charge is 0.339 e. The maximum Gasteiger partial charge on any atom is 0.242 e. The van der Waals surface area contributed by atoms with Crippen molar-refractivity contribution >= 4 is 15.7 Å². The number of fused-ring (bicyclic) bond motifs is 1. The number of aromatic nitrogens is 2. The van der Waals surface area contributed by atoms with Gasteiger partial charge in [-0.05, 0) is 49.3 Å². The number of nitrogens with zero attached hydrogens (tertiary/aromatic N) is 3. The van der Waals surface area contributed by atoms with Crippen LogP contribution in [0, 0.1) is 0 Å². The first-order chi connectivity index (χ1) is 11.6. The van der Waals surface area contributed by atoms with Gasteiger partial charge in [0.15, 0.2) is 5.82 Å². The highest BCUT2D eigenvalue weighted by molar-refractivity contribution is 7.92. The fourth-order valence-electron chi connectivity index (χ4n) is 3.19. The minimum atomic E-state index is -3.51. The van der Waals surface area contributed by atoms with Crippen LogP contribution in [0.1, 0.15) is 54.9 Å². The molecule has 2 heterocycles. The van der Waals surface area contributed by atoms with Crippen molar-refractivity contribution in [2.45, 2.75) is 50.7 Å². The second kappa shape index (κ2) is 5.88. The van der Waals surface area contributed by atoms with E-state index in [2.05, 4.69) is 23.1 Å². The molecule has 0 atom stereocenters. The first kappa shape index (κ1) is 15.6. The van der Waals surface area contributed by atoms with Crippen molar-refractivity contribution in [3.8, 4) is 0 Å². The maximum atomic E-state index is 12.9. The molecule has 24 heavy (non-hydrogen) atoms. The Balaban J connectivity index is 1.60. The van der Waals surface area contributed by atoms with Gasteiger partial charge in [-0.3, -0.25) is 4.31 Å². The summed E-state index contributed by atoms with van der Waals surface area (Å²) in [5.74, 6) is 0.955. The van der Waals surface area contributed by atoms with Gasteiger partial charge in [-0.1, -0.05) is 24.2 Å². The molecule has 1 aliphatic heterocycles. The van der Waals surface area contributed by atoms with Crippen molar-refractivity contribution in [2.75, 3.05) is 10.8 Å². The van der Waals surface area contributed by atoms with Crippen LogP contribution < -0.4 is 4.31 Å². The quantitative estimate of drug-likeness (QED) is 0.831.